The summed E-state index contributed by atoms with van der Waals surface area (Å²) in [5.74, 6) is 1.76. The standard InChI is InChI=1S/C15H26N2O/c1-2-17-10-9-16-15(17)12-14(18)11-13-7-5-3-4-6-8-13/h9-10,13-14,18H,2-8,11-12H2,1H3. The molecule has 0 bridgehead atoms. The molecule has 102 valence electrons. The molecule has 3 nitrogen and oxygen atoms in total. The molecule has 1 saturated carbocycles. The van der Waals surface area contributed by atoms with Crippen molar-refractivity contribution in [2.75, 3.05) is 0 Å². The highest BCUT2D eigenvalue weighted by Crippen LogP contribution is 2.27. The highest BCUT2D eigenvalue weighted by molar-refractivity contribution is 4.94. The van der Waals surface area contributed by atoms with E-state index in [4.69, 9.17) is 0 Å². The second-order valence-corrected chi connectivity index (χ2v) is 5.58. The van der Waals surface area contributed by atoms with E-state index < -0.39 is 0 Å². The second kappa shape index (κ2) is 6.93. The van der Waals surface area contributed by atoms with Gasteiger partial charge in [-0.1, -0.05) is 38.5 Å². The van der Waals surface area contributed by atoms with Crippen LogP contribution in [0.3, 0.4) is 0 Å². The summed E-state index contributed by atoms with van der Waals surface area (Å²) >= 11 is 0. The molecule has 1 aliphatic carbocycles. The number of aromatic nitrogens is 2. The minimum atomic E-state index is -0.221. The van der Waals surface area contributed by atoms with Gasteiger partial charge in [-0.2, -0.15) is 0 Å². The van der Waals surface area contributed by atoms with Crippen LogP contribution in [0.25, 0.3) is 0 Å². The van der Waals surface area contributed by atoms with Crippen LogP contribution in [0.15, 0.2) is 12.4 Å². The lowest BCUT2D eigenvalue weighted by Crippen LogP contribution is -2.18. The fourth-order valence-corrected chi connectivity index (χ4v) is 3.10. The SMILES string of the molecule is CCn1ccnc1CC(O)CC1CCCCCC1. The quantitative estimate of drug-likeness (QED) is 0.815. The van der Waals surface area contributed by atoms with Crippen molar-refractivity contribution in [3.8, 4) is 0 Å². The molecule has 0 saturated heterocycles. The highest BCUT2D eigenvalue weighted by atomic mass is 16.3. The minimum absolute atomic E-state index is 0.221. The van der Waals surface area contributed by atoms with E-state index in [1.165, 1.54) is 38.5 Å². The Morgan fingerprint density at radius 2 is 2.06 bits per heavy atom. The zero-order valence-corrected chi connectivity index (χ0v) is 11.5. The number of aryl methyl sites for hydroxylation is 1. The lowest BCUT2D eigenvalue weighted by molar-refractivity contribution is 0.134. The zero-order valence-electron chi connectivity index (χ0n) is 11.5. The van der Waals surface area contributed by atoms with Crippen molar-refractivity contribution >= 4 is 0 Å². The number of aliphatic hydroxyl groups is 1. The van der Waals surface area contributed by atoms with E-state index in [1.54, 1.807) is 0 Å². The van der Waals surface area contributed by atoms with E-state index in [-0.39, 0.29) is 6.10 Å². The number of hydrogen-bond donors (Lipinski definition) is 1. The molecule has 1 fully saturated rings. The lowest BCUT2D eigenvalue weighted by Gasteiger charge is -2.18. The molecular weight excluding hydrogens is 224 g/mol. The summed E-state index contributed by atoms with van der Waals surface area (Å²) in [4.78, 5) is 4.34. The molecule has 0 aliphatic heterocycles. The maximum Gasteiger partial charge on any atom is 0.111 e. The third-order valence-corrected chi connectivity index (χ3v) is 4.14. The summed E-state index contributed by atoms with van der Waals surface area (Å²) in [5.41, 5.74) is 0. The van der Waals surface area contributed by atoms with Crippen molar-refractivity contribution in [2.45, 2.75) is 70.9 Å². The largest absolute Gasteiger partial charge is 0.393 e. The van der Waals surface area contributed by atoms with Crippen LogP contribution < -0.4 is 0 Å². The summed E-state index contributed by atoms with van der Waals surface area (Å²) in [7, 11) is 0. The molecule has 1 aliphatic rings. The molecule has 1 N–H and O–H groups in total. The number of nitrogens with zero attached hydrogens (tertiary/aromatic N) is 2. The Morgan fingerprint density at radius 3 is 2.72 bits per heavy atom. The van der Waals surface area contributed by atoms with Gasteiger partial charge in [0.15, 0.2) is 0 Å². The molecule has 2 rings (SSSR count). The van der Waals surface area contributed by atoms with E-state index in [2.05, 4.69) is 16.5 Å². The van der Waals surface area contributed by atoms with E-state index >= 15 is 0 Å². The Hall–Kier alpha value is -0.830. The Bertz CT molecular complexity index is 340. The number of imidazole rings is 1. The van der Waals surface area contributed by atoms with Crippen molar-refractivity contribution in [1.82, 2.24) is 9.55 Å². The smallest absolute Gasteiger partial charge is 0.111 e. The van der Waals surface area contributed by atoms with Crippen LogP contribution in [-0.2, 0) is 13.0 Å². The number of aliphatic hydroxyl groups excluding tert-OH is 1. The first-order chi connectivity index (χ1) is 8.79. The molecule has 0 amide bonds. The van der Waals surface area contributed by atoms with Crippen LogP contribution in [-0.4, -0.2) is 20.8 Å². The molecule has 1 aromatic rings. The van der Waals surface area contributed by atoms with Gasteiger partial charge in [0, 0.05) is 25.4 Å². The van der Waals surface area contributed by atoms with Crippen LogP contribution in [0.1, 0.15) is 57.7 Å². The zero-order chi connectivity index (χ0) is 12.8. The molecule has 0 radical (unpaired) electrons. The van der Waals surface area contributed by atoms with Gasteiger partial charge in [-0.25, -0.2) is 4.98 Å². The van der Waals surface area contributed by atoms with Crippen molar-refractivity contribution < 1.29 is 5.11 Å². The monoisotopic (exact) mass is 250 g/mol. The van der Waals surface area contributed by atoms with Gasteiger partial charge in [-0.15, -0.1) is 0 Å². The van der Waals surface area contributed by atoms with E-state index in [1.807, 2.05) is 12.4 Å². The van der Waals surface area contributed by atoms with Crippen molar-refractivity contribution in [1.29, 1.82) is 0 Å². The van der Waals surface area contributed by atoms with Crippen LogP contribution in [0.2, 0.25) is 0 Å². The molecule has 3 heteroatoms. The fourth-order valence-electron chi connectivity index (χ4n) is 3.10. The maximum atomic E-state index is 10.2. The van der Waals surface area contributed by atoms with Gasteiger partial charge in [-0.3, -0.25) is 0 Å². The molecule has 0 spiro atoms. The predicted molar refractivity (Wildman–Crippen MR) is 73.4 cm³/mol. The molecule has 18 heavy (non-hydrogen) atoms. The fraction of sp³-hybridized carbons (Fsp3) is 0.800. The number of hydrogen-bond acceptors (Lipinski definition) is 2. The lowest BCUT2D eigenvalue weighted by atomic mass is 9.92. The van der Waals surface area contributed by atoms with Crippen molar-refractivity contribution in [3.05, 3.63) is 18.2 Å². The van der Waals surface area contributed by atoms with Gasteiger partial charge in [-0.05, 0) is 19.3 Å². The topological polar surface area (TPSA) is 38.0 Å². The summed E-state index contributed by atoms with van der Waals surface area (Å²) < 4.78 is 2.12. The Kier molecular flexibility index (Phi) is 5.24. The van der Waals surface area contributed by atoms with Crippen molar-refractivity contribution in [2.24, 2.45) is 5.92 Å². The van der Waals surface area contributed by atoms with Crippen LogP contribution in [0.5, 0.6) is 0 Å². The molecule has 0 aromatic carbocycles. The summed E-state index contributed by atoms with van der Waals surface area (Å²) in [6.07, 6.45) is 13.3. The first-order valence-corrected chi connectivity index (χ1v) is 7.47. The average Bonchev–Trinajstić information content (AvgIpc) is 2.64. The molecule has 1 aromatic heterocycles. The normalized spacial score (nSPS) is 19.7. The van der Waals surface area contributed by atoms with E-state index in [0.29, 0.717) is 6.42 Å². The summed E-state index contributed by atoms with van der Waals surface area (Å²) in [6.45, 7) is 3.05. The first-order valence-electron chi connectivity index (χ1n) is 7.47. The summed E-state index contributed by atoms with van der Waals surface area (Å²) in [6, 6.07) is 0. The van der Waals surface area contributed by atoms with E-state index in [0.717, 1.165) is 24.7 Å². The molecule has 1 unspecified atom stereocenters. The molecular formula is C15H26N2O. The third-order valence-electron chi connectivity index (χ3n) is 4.14. The van der Waals surface area contributed by atoms with Gasteiger partial charge >= 0.3 is 0 Å². The van der Waals surface area contributed by atoms with Gasteiger partial charge in [0.1, 0.15) is 5.82 Å². The first kappa shape index (κ1) is 13.6. The predicted octanol–water partition coefficient (Wildman–Crippen LogP) is 3.17. The van der Waals surface area contributed by atoms with Crippen LogP contribution >= 0.6 is 0 Å². The third kappa shape index (κ3) is 3.84. The number of rotatable bonds is 5. The Balaban J connectivity index is 1.82. The second-order valence-electron chi connectivity index (χ2n) is 5.58. The Labute approximate surface area is 110 Å². The average molecular weight is 250 g/mol. The van der Waals surface area contributed by atoms with Crippen molar-refractivity contribution in [3.63, 3.8) is 0 Å². The minimum Gasteiger partial charge on any atom is -0.393 e. The van der Waals surface area contributed by atoms with Gasteiger partial charge in [0.2, 0.25) is 0 Å². The summed E-state index contributed by atoms with van der Waals surface area (Å²) in [5, 5.41) is 10.2. The Morgan fingerprint density at radius 1 is 1.33 bits per heavy atom. The molecule has 1 heterocycles. The highest BCUT2D eigenvalue weighted by Gasteiger charge is 2.18. The van der Waals surface area contributed by atoms with Crippen LogP contribution in [0, 0.1) is 5.92 Å². The van der Waals surface area contributed by atoms with Gasteiger partial charge in [0.05, 0.1) is 6.10 Å². The molecule has 1 atom stereocenters. The van der Waals surface area contributed by atoms with Gasteiger partial charge < -0.3 is 9.67 Å². The van der Waals surface area contributed by atoms with Crippen LogP contribution in [0.4, 0.5) is 0 Å². The maximum absolute atomic E-state index is 10.2. The van der Waals surface area contributed by atoms with Gasteiger partial charge in [0.25, 0.3) is 0 Å². The van der Waals surface area contributed by atoms with E-state index in [9.17, 15) is 5.11 Å².